The Bertz CT molecular complexity index is 965. The minimum Gasteiger partial charge on any atom is -0.336 e. The van der Waals surface area contributed by atoms with Gasteiger partial charge in [0.05, 0.1) is 29.0 Å². The predicted octanol–water partition coefficient (Wildman–Crippen LogP) is 1.97. The minimum absolute atomic E-state index is 0.156. The maximum atomic E-state index is 12.9. The molecule has 0 aromatic carbocycles. The monoisotopic (exact) mass is 355 g/mol. The molecule has 1 amide bonds. The van der Waals surface area contributed by atoms with Crippen LogP contribution in [0.15, 0.2) is 41.6 Å². The van der Waals surface area contributed by atoms with Crippen molar-refractivity contribution in [3.05, 3.63) is 68.8 Å². The van der Waals surface area contributed by atoms with E-state index >= 15 is 0 Å². The van der Waals surface area contributed by atoms with Crippen LogP contribution in [-0.2, 0) is 6.54 Å². The largest absolute Gasteiger partial charge is 0.336 e. The first kappa shape index (κ1) is 17.0. The smallest absolute Gasteiger partial charge is 0.268 e. The molecule has 0 saturated heterocycles. The molecule has 0 atom stereocenters. The standard InChI is InChI=1S/C17H17N5O2S/c1-11-6-8-22(13-5-4-7-18-9-13)17(24)15(11)16(23)21(3)10-14-12(2)19-20-25-14/h4-9H,10H2,1-3H3. The molecule has 3 aromatic rings. The first-order valence-electron chi connectivity index (χ1n) is 7.65. The molecule has 0 bridgehead atoms. The first-order chi connectivity index (χ1) is 12.0. The Morgan fingerprint density at radius 3 is 2.76 bits per heavy atom. The normalized spacial score (nSPS) is 10.7. The number of nitrogens with zero attached hydrogens (tertiary/aromatic N) is 5. The molecule has 0 radical (unpaired) electrons. The molecule has 25 heavy (non-hydrogen) atoms. The van der Waals surface area contributed by atoms with E-state index in [1.165, 1.54) is 21.0 Å². The fourth-order valence-corrected chi connectivity index (χ4v) is 3.15. The predicted molar refractivity (Wildman–Crippen MR) is 95.0 cm³/mol. The Kier molecular flexibility index (Phi) is 4.71. The molecule has 3 aromatic heterocycles. The van der Waals surface area contributed by atoms with E-state index in [0.29, 0.717) is 17.8 Å². The van der Waals surface area contributed by atoms with Gasteiger partial charge in [0.1, 0.15) is 5.56 Å². The van der Waals surface area contributed by atoms with Crippen LogP contribution in [0.25, 0.3) is 5.69 Å². The number of hydrogen-bond donors (Lipinski definition) is 0. The van der Waals surface area contributed by atoms with Gasteiger partial charge in [0.15, 0.2) is 0 Å². The van der Waals surface area contributed by atoms with Crippen LogP contribution in [-0.4, -0.2) is 37.0 Å². The van der Waals surface area contributed by atoms with Crippen molar-refractivity contribution in [2.45, 2.75) is 20.4 Å². The fraction of sp³-hybridized carbons (Fsp3) is 0.235. The van der Waals surface area contributed by atoms with E-state index in [0.717, 1.165) is 10.6 Å². The summed E-state index contributed by atoms with van der Waals surface area (Å²) in [4.78, 5) is 32.2. The van der Waals surface area contributed by atoms with Crippen LogP contribution in [0, 0.1) is 13.8 Å². The average Bonchev–Trinajstić information content (AvgIpc) is 3.00. The Morgan fingerprint density at radius 2 is 2.12 bits per heavy atom. The van der Waals surface area contributed by atoms with Crippen LogP contribution in [0.2, 0.25) is 0 Å². The Morgan fingerprint density at radius 1 is 1.32 bits per heavy atom. The number of aryl methyl sites for hydroxylation is 2. The summed E-state index contributed by atoms with van der Waals surface area (Å²) in [6, 6.07) is 5.28. The van der Waals surface area contributed by atoms with Crippen LogP contribution in [0.3, 0.4) is 0 Å². The van der Waals surface area contributed by atoms with Crippen molar-refractivity contribution >= 4 is 17.4 Å². The van der Waals surface area contributed by atoms with Gasteiger partial charge in [0, 0.05) is 19.4 Å². The maximum absolute atomic E-state index is 12.9. The molecule has 0 spiro atoms. The molecular weight excluding hydrogens is 338 g/mol. The van der Waals surface area contributed by atoms with Crippen molar-refractivity contribution in [1.29, 1.82) is 0 Å². The number of pyridine rings is 2. The van der Waals surface area contributed by atoms with Gasteiger partial charge in [-0.15, -0.1) is 5.10 Å². The topological polar surface area (TPSA) is 81.0 Å². The zero-order chi connectivity index (χ0) is 18.0. The lowest BCUT2D eigenvalue weighted by molar-refractivity contribution is 0.0783. The molecule has 8 heteroatoms. The molecule has 0 unspecified atom stereocenters. The summed E-state index contributed by atoms with van der Waals surface area (Å²) in [6.45, 7) is 3.97. The van der Waals surface area contributed by atoms with E-state index in [-0.39, 0.29) is 17.0 Å². The Labute approximate surface area is 148 Å². The van der Waals surface area contributed by atoms with Crippen LogP contribution >= 0.6 is 11.5 Å². The number of carbonyl (C=O) groups excluding carboxylic acids is 1. The molecule has 128 valence electrons. The summed E-state index contributed by atoms with van der Waals surface area (Å²) >= 11 is 1.25. The number of aromatic nitrogens is 4. The number of hydrogen-bond acceptors (Lipinski definition) is 6. The number of rotatable bonds is 4. The maximum Gasteiger partial charge on any atom is 0.268 e. The van der Waals surface area contributed by atoms with Gasteiger partial charge in [0.2, 0.25) is 0 Å². The molecule has 0 saturated carbocycles. The van der Waals surface area contributed by atoms with Crippen LogP contribution in [0.1, 0.15) is 26.5 Å². The summed E-state index contributed by atoms with van der Waals surface area (Å²) in [7, 11) is 1.67. The second kappa shape index (κ2) is 6.94. The first-order valence-corrected chi connectivity index (χ1v) is 8.42. The third-order valence-corrected chi connectivity index (χ3v) is 4.72. The average molecular weight is 355 g/mol. The number of carbonyl (C=O) groups is 1. The molecule has 0 N–H and O–H groups in total. The molecule has 0 aliphatic heterocycles. The van der Waals surface area contributed by atoms with Crippen molar-refractivity contribution in [2.75, 3.05) is 7.05 Å². The highest BCUT2D eigenvalue weighted by molar-refractivity contribution is 7.05. The molecule has 0 aliphatic carbocycles. The summed E-state index contributed by atoms with van der Waals surface area (Å²) < 4.78 is 5.31. The van der Waals surface area contributed by atoms with E-state index < -0.39 is 0 Å². The Hall–Kier alpha value is -2.87. The molecular formula is C17H17N5O2S. The zero-order valence-electron chi connectivity index (χ0n) is 14.1. The summed E-state index contributed by atoms with van der Waals surface area (Å²) in [6.07, 6.45) is 4.87. The minimum atomic E-state index is -0.357. The van der Waals surface area contributed by atoms with Crippen molar-refractivity contribution < 1.29 is 4.79 Å². The lowest BCUT2D eigenvalue weighted by atomic mass is 10.1. The van der Waals surface area contributed by atoms with E-state index in [1.807, 2.05) is 6.92 Å². The lowest BCUT2D eigenvalue weighted by Gasteiger charge is -2.18. The SMILES string of the molecule is Cc1ccn(-c2cccnc2)c(=O)c1C(=O)N(C)Cc1snnc1C. The summed E-state index contributed by atoms with van der Waals surface area (Å²) in [5.74, 6) is -0.325. The van der Waals surface area contributed by atoms with Crippen molar-refractivity contribution in [3.63, 3.8) is 0 Å². The number of amides is 1. The van der Waals surface area contributed by atoms with E-state index in [1.54, 1.807) is 50.8 Å². The van der Waals surface area contributed by atoms with Crippen LogP contribution in [0.5, 0.6) is 0 Å². The molecule has 0 aliphatic rings. The quantitative estimate of drug-likeness (QED) is 0.715. The molecule has 3 rings (SSSR count). The fourth-order valence-electron chi connectivity index (χ4n) is 2.46. The van der Waals surface area contributed by atoms with Gasteiger partial charge in [-0.1, -0.05) is 4.49 Å². The van der Waals surface area contributed by atoms with Gasteiger partial charge < -0.3 is 4.90 Å². The van der Waals surface area contributed by atoms with E-state index in [9.17, 15) is 9.59 Å². The van der Waals surface area contributed by atoms with E-state index in [2.05, 4.69) is 14.6 Å². The molecule has 0 fully saturated rings. The van der Waals surface area contributed by atoms with Crippen molar-refractivity contribution in [3.8, 4) is 5.69 Å². The highest BCUT2D eigenvalue weighted by Gasteiger charge is 2.21. The second-order valence-electron chi connectivity index (χ2n) is 5.70. The van der Waals surface area contributed by atoms with Gasteiger partial charge in [-0.2, -0.15) is 0 Å². The van der Waals surface area contributed by atoms with Gasteiger partial charge >= 0.3 is 0 Å². The zero-order valence-corrected chi connectivity index (χ0v) is 14.9. The van der Waals surface area contributed by atoms with Crippen LogP contribution < -0.4 is 5.56 Å². The van der Waals surface area contributed by atoms with Gasteiger partial charge in [-0.25, -0.2) is 0 Å². The van der Waals surface area contributed by atoms with Crippen molar-refractivity contribution in [1.82, 2.24) is 24.0 Å². The highest BCUT2D eigenvalue weighted by atomic mass is 32.1. The molecule has 3 heterocycles. The third kappa shape index (κ3) is 3.34. The molecule has 7 nitrogen and oxygen atoms in total. The Balaban J connectivity index is 1.97. The van der Waals surface area contributed by atoms with Gasteiger partial charge in [-0.3, -0.25) is 19.1 Å². The van der Waals surface area contributed by atoms with Gasteiger partial charge in [-0.05, 0) is 49.1 Å². The second-order valence-corrected chi connectivity index (χ2v) is 6.54. The lowest BCUT2D eigenvalue weighted by Crippen LogP contribution is -2.34. The van der Waals surface area contributed by atoms with E-state index in [4.69, 9.17) is 0 Å². The van der Waals surface area contributed by atoms with Crippen LogP contribution in [0.4, 0.5) is 0 Å². The third-order valence-electron chi connectivity index (χ3n) is 3.91. The highest BCUT2D eigenvalue weighted by Crippen LogP contribution is 2.14. The van der Waals surface area contributed by atoms with Gasteiger partial charge in [0.25, 0.3) is 11.5 Å². The van der Waals surface area contributed by atoms with Crippen molar-refractivity contribution in [2.24, 2.45) is 0 Å². The summed E-state index contributed by atoms with van der Waals surface area (Å²) in [5, 5.41) is 3.95. The summed E-state index contributed by atoms with van der Waals surface area (Å²) in [5.41, 5.74) is 1.85.